The van der Waals surface area contributed by atoms with Crippen molar-refractivity contribution in [3.63, 3.8) is 0 Å². The number of nitrogens with one attached hydrogen (secondary N) is 1. The molecule has 6 nitrogen and oxygen atoms in total. The van der Waals surface area contributed by atoms with Gasteiger partial charge in [0.2, 0.25) is 5.91 Å². The number of hydrogen-bond acceptors (Lipinski definition) is 4. The van der Waals surface area contributed by atoms with Crippen LogP contribution >= 0.6 is 12.4 Å². The molecule has 1 aromatic carbocycles. The molecular weight excluding hydrogens is 282 g/mol. The van der Waals surface area contributed by atoms with Gasteiger partial charge in [0.15, 0.2) is 0 Å². The molecule has 112 valence electrons. The summed E-state index contributed by atoms with van der Waals surface area (Å²) < 4.78 is 0. The Morgan fingerprint density at radius 2 is 1.90 bits per heavy atom. The van der Waals surface area contributed by atoms with Crippen LogP contribution in [0.25, 0.3) is 0 Å². The quantitative estimate of drug-likeness (QED) is 0.621. The number of non-ortho nitro benzene ring substituents is 1. The van der Waals surface area contributed by atoms with E-state index in [-0.39, 0.29) is 24.0 Å². The lowest BCUT2D eigenvalue weighted by Gasteiger charge is -2.27. The maximum absolute atomic E-state index is 11.7. The monoisotopic (exact) mass is 301 g/mol. The molecule has 0 bridgehead atoms. The zero-order valence-corrected chi connectivity index (χ0v) is 12.4. The average molecular weight is 302 g/mol. The first-order chi connectivity index (χ1) is 8.86. The summed E-state index contributed by atoms with van der Waals surface area (Å²) in [5.74, 6) is -0.0752. The van der Waals surface area contributed by atoms with Crippen molar-refractivity contribution < 1.29 is 9.72 Å². The molecule has 1 aromatic rings. The fourth-order valence-electron chi connectivity index (χ4n) is 1.75. The normalized spacial score (nSPS) is 10.6. The number of nitrogens with zero attached hydrogens (tertiary/aromatic N) is 1. The van der Waals surface area contributed by atoms with Crippen molar-refractivity contribution in [1.82, 2.24) is 5.32 Å². The molecule has 0 unspecified atom stereocenters. The van der Waals surface area contributed by atoms with Gasteiger partial charge in [-0.1, -0.05) is 0 Å². The van der Waals surface area contributed by atoms with Gasteiger partial charge in [-0.05, 0) is 44.5 Å². The lowest BCUT2D eigenvalue weighted by Crippen LogP contribution is -2.41. The lowest BCUT2D eigenvalue weighted by molar-refractivity contribution is -0.384. The standard InChI is InChI=1S/C13H19N3O3.ClH/c1-13(2,15-12(17)4-3-9-14)10-5-7-11(8-6-10)16(18)19;/h5-8H,3-4,9,14H2,1-2H3,(H,15,17);1H. The van der Waals surface area contributed by atoms with Crippen LogP contribution < -0.4 is 11.1 Å². The molecule has 1 amide bonds. The van der Waals surface area contributed by atoms with E-state index in [1.807, 2.05) is 13.8 Å². The zero-order chi connectivity index (χ0) is 14.5. The van der Waals surface area contributed by atoms with Crippen LogP contribution in [-0.2, 0) is 10.3 Å². The topological polar surface area (TPSA) is 98.3 Å². The van der Waals surface area contributed by atoms with Crippen LogP contribution in [0.15, 0.2) is 24.3 Å². The summed E-state index contributed by atoms with van der Waals surface area (Å²) in [7, 11) is 0. The highest BCUT2D eigenvalue weighted by atomic mass is 35.5. The van der Waals surface area contributed by atoms with Crippen LogP contribution in [-0.4, -0.2) is 17.4 Å². The third kappa shape index (κ3) is 5.14. The number of halogens is 1. The van der Waals surface area contributed by atoms with E-state index in [9.17, 15) is 14.9 Å². The summed E-state index contributed by atoms with van der Waals surface area (Å²) in [5.41, 5.74) is 5.64. The van der Waals surface area contributed by atoms with Crippen molar-refractivity contribution in [2.24, 2.45) is 5.73 Å². The largest absolute Gasteiger partial charge is 0.347 e. The van der Waals surface area contributed by atoms with Crippen LogP contribution in [0.1, 0.15) is 32.3 Å². The Morgan fingerprint density at radius 3 is 2.35 bits per heavy atom. The highest BCUT2D eigenvalue weighted by Crippen LogP contribution is 2.22. The van der Waals surface area contributed by atoms with Gasteiger partial charge in [-0.3, -0.25) is 14.9 Å². The SMILES string of the molecule is CC(C)(NC(=O)CCCN)c1ccc([N+](=O)[O-])cc1.Cl. The third-order valence-electron chi connectivity index (χ3n) is 2.86. The Morgan fingerprint density at radius 1 is 1.35 bits per heavy atom. The van der Waals surface area contributed by atoms with E-state index in [0.717, 1.165) is 5.56 Å². The van der Waals surface area contributed by atoms with E-state index in [4.69, 9.17) is 5.73 Å². The molecule has 0 saturated carbocycles. The van der Waals surface area contributed by atoms with E-state index in [1.54, 1.807) is 12.1 Å². The van der Waals surface area contributed by atoms with E-state index < -0.39 is 10.5 Å². The fourth-order valence-corrected chi connectivity index (χ4v) is 1.75. The second-order valence-corrected chi connectivity index (χ2v) is 4.87. The van der Waals surface area contributed by atoms with Crippen molar-refractivity contribution in [1.29, 1.82) is 0 Å². The Labute approximate surface area is 124 Å². The van der Waals surface area contributed by atoms with Gasteiger partial charge in [0, 0.05) is 18.6 Å². The lowest BCUT2D eigenvalue weighted by atomic mass is 9.94. The number of rotatable bonds is 6. The van der Waals surface area contributed by atoms with E-state index in [0.29, 0.717) is 19.4 Å². The van der Waals surface area contributed by atoms with Crippen LogP contribution in [0.5, 0.6) is 0 Å². The van der Waals surface area contributed by atoms with Gasteiger partial charge in [-0.15, -0.1) is 12.4 Å². The van der Waals surface area contributed by atoms with Gasteiger partial charge in [0.25, 0.3) is 5.69 Å². The number of carbonyl (C=O) groups excluding carboxylic acids is 1. The second kappa shape index (κ2) is 7.81. The second-order valence-electron chi connectivity index (χ2n) is 4.87. The van der Waals surface area contributed by atoms with Gasteiger partial charge in [0.05, 0.1) is 10.5 Å². The summed E-state index contributed by atoms with van der Waals surface area (Å²) in [6.07, 6.45) is 1.02. The van der Waals surface area contributed by atoms with Gasteiger partial charge >= 0.3 is 0 Å². The van der Waals surface area contributed by atoms with Gasteiger partial charge in [-0.2, -0.15) is 0 Å². The van der Waals surface area contributed by atoms with E-state index >= 15 is 0 Å². The predicted molar refractivity (Wildman–Crippen MR) is 79.8 cm³/mol. The predicted octanol–water partition coefficient (Wildman–Crippen LogP) is 2.11. The van der Waals surface area contributed by atoms with Crippen LogP contribution in [0.3, 0.4) is 0 Å². The minimum Gasteiger partial charge on any atom is -0.347 e. The van der Waals surface area contributed by atoms with Crippen LogP contribution in [0, 0.1) is 10.1 Å². The molecule has 0 aliphatic carbocycles. The molecule has 0 aliphatic heterocycles. The number of carbonyl (C=O) groups is 1. The molecule has 0 aliphatic rings. The molecule has 20 heavy (non-hydrogen) atoms. The molecule has 0 radical (unpaired) electrons. The first kappa shape index (κ1) is 18.3. The zero-order valence-electron chi connectivity index (χ0n) is 11.6. The summed E-state index contributed by atoms with van der Waals surface area (Å²) in [5, 5.41) is 13.5. The molecule has 0 fully saturated rings. The molecule has 7 heteroatoms. The summed E-state index contributed by atoms with van der Waals surface area (Å²) in [6, 6.07) is 6.18. The highest BCUT2D eigenvalue weighted by molar-refractivity contribution is 5.85. The van der Waals surface area contributed by atoms with Gasteiger partial charge < -0.3 is 11.1 Å². The summed E-state index contributed by atoms with van der Waals surface area (Å²) >= 11 is 0. The Kier molecular flexibility index (Phi) is 7.17. The Hall–Kier alpha value is -1.66. The average Bonchev–Trinajstić information content (AvgIpc) is 2.36. The molecule has 0 heterocycles. The molecule has 0 atom stereocenters. The minimum atomic E-state index is -0.569. The maximum atomic E-state index is 11.7. The van der Waals surface area contributed by atoms with Crippen molar-refractivity contribution in [2.75, 3.05) is 6.54 Å². The first-order valence-corrected chi connectivity index (χ1v) is 6.13. The van der Waals surface area contributed by atoms with E-state index in [1.165, 1.54) is 12.1 Å². The van der Waals surface area contributed by atoms with Crippen molar-refractivity contribution in [3.8, 4) is 0 Å². The fraction of sp³-hybridized carbons (Fsp3) is 0.462. The molecule has 3 N–H and O–H groups in total. The van der Waals surface area contributed by atoms with E-state index in [2.05, 4.69) is 5.32 Å². The number of amides is 1. The molecule has 1 rings (SSSR count). The Bertz CT molecular complexity index is 460. The van der Waals surface area contributed by atoms with Gasteiger partial charge in [0.1, 0.15) is 0 Å². The number of hydrogen-bond donors (Lipinski definition) is 2. The highest BCUT2D eigenvalue weighted by Gasteiger charge is 2.23. The van der Waals surface area contributed by atoms with Crippen molar-refractivity contribution in [2.45, 2.75) is 32.2 Å². The molecular formula is C13H20ClN3O3. The number of nitro benzene ring substituents is 1. The number of nitro groups is 1. The smallest absolute Gasteiger partial charge is 0.269 e. The summed E-state index contributed by atoms with van der Waals surface area (Å²) in [4.78, 5) is 21.8. The third-order valence-corrected chi connectivity index (χ3v) is 2.86. The molecule has 0 spiro atoms. The van der Waals surface area contributed by atoms with Gasteiger partial charge in [-0.25, -0.2) is 0 Å². The van der Waals surface area contributed by atoms with Crippen LogP contribution in [0.4, 0.5) is 5.69 Å². The first-order valence-electron chi connectivity index (χ1n) is 6.13. The van der Waals surface area contributed by atoms with Crippen molar-refractivity contribution in [3.05, 3.63) is 39.9 Å². The Balaban J connectivity index is 0.00000361. The molecule has 0 saturated heterocycles. The van der Waals surface area contributed by atoms with Crippen LogP contribution in [0.2, 0.25) is 0 Å². The minimum absolute atomic E-state index is 0. The molecule has 0 aromatic heterocycles. The maximum Gasteiger partial charge on any atom is 0.269 e. The number of nitrogens with two attached hydrogens (primary N) is 1. The number of benzene rings is 1. The van der Waals surface area contributed by atoms with Crippen molar-refractivity contribution >= 4 is 24.0 Å². The summed E-state index contributed by atoms with van der Waals surface area (Å²) in [6.45, 7) is 4.19.